The molecule has 13 rings (SSSR count). The molecule has 0 unspecified atom stereocenters. The second-order valence-electron chi connectivity index (χ2n) is 19.0. The Labute approximate surface area is 421 Å². The van der Waals surface area contributed by atoms with Crippen LogP contribution in [0.1, 0.15) is 61.2 Å². The van der Waals surface area contributed by atoms with E-state index in [4.69, 9.17) is 10.7 Å². The Morgan fingerprint density at radius 2 is 0.833 bits per heavy atom. The van der Waals surface area contributed by atoms with Crippen LogP contribution in [0.3, 0.4) is 0 Å². The Bertz CT molecular complexity index is 3790. The van der Waals surface area contributed by atoms with Crippen LogP contribution in [0.5, 0.6) is 0 Å². The average molecular weight is 919 g/mol. The lowest BCUT2D eigenvalue weighted by Crippen LogP contribution is -2.29. The molecule has 0 spiro atoms. The SMILES string of the molecule is N/C(=N\C(=C/Cc1cccc2c1C(c1ccccc1)(c1ccccc1)c1ccccc1-2)c1ccc(-c2ccc3c(c2)C(c2ccccc2)(c2ccccc2)c2ccccc2-3)c2ccccc12)c1ccccc1. The number of nitrogens with zero attached hydrogens (tertiary/aromatic N) is 1. The van der Waals surface area contributed by atoms with Crippen LogP contribution in [0, 0.1) is 0 Å². The van der Waals surface area contributed by atoms with Gasteiger partial charge in [0, 0.05) is 11.1 Å². The number of hydrogen-bond donors (Lipinski definition) is 1. The molecule has 72 heavy (non-hydrogen) atoms. The summed E-state index contributed by atoms with van der Waals surface area (Å²) in [6.45, 7) is 0. The monoisotopic (exact) mass is 918 g/mol. The molecule has 11 aromatic carbocycles. The first-order chi connectivity index (χ1) is 35.7. The zero-order chi connectivity index (χ0) is 48.1. The highest BCUT2D eigenvalue weighted by Gasteiger charge is 2.48. The van der Waals surface area contributed by atoms with Crippen molar-refractivity contribution in [2.75, 3.05) is 0 Å². The van der Waals surface area contributed by atoms with E-state index in [1.54, 1.807) is 0 Å². The van der Waals surface area contributed by atoms with Crippen LogP contribution in [0.2, 0.25) is 0 Å². The van der Waals surface area contributed by atoms with Crippen molar-refractivity contribution in [1.29, 1.82) is 0 Å². The van der Waals surface area contributed by atoms with Gasteiger partial charge in [0.15, 0.2) is 0 Å². The first-order valence-electron chi connectivity index (χ1n) is 25.0. The third-order valence-electron chi connectivity index (χ3n) is 15.4. The highest BCUT2D eigenvalue weighted by molar-refractivity contribution is 6.06. The minimum absolute atomic E-state index is 0.472. The van der Waals surface area contributed by atoms with Crippen LogP contribution in [-0.2, 0) is 17.3 Å². The zero-order valence-electron chi connectivity index (χ0n) is 39.8. The van der Waals surface area contributed by atoms with Crippen LogP contribution < -0.4 is 5.73 Å². The molecule has 0 saturated carbocycles. The van der Waals surface area contributed by atoms with Gasteiger partial charge in [0.2, 0.25) is 0 Å². The third kappa shape index (κ3) is 6.67. The van der Waals surface area contributed by atoms with Crippen molar-refractivity contribution >= 4 is 22.3 Å². The second-order valence-corrected chi connectivity index (χ2v) is 19.0. The van der Waals surface area contributed by atoms with Crippen molar-refractivity contribution in [3.63, 3.8) is 0 Å². The molecule has 0 saturated heterocycles. The van der Waals surface area contributed by atoms with Crippen molar-refractivity contribution < 1.29 is 0 Å². The Morgan fingerprint density at radius 1 is 0.375 bits per heavy atom. The molecule has 340 valence electrons. The summed E-state index contributed by atoms with van der Waals surface area (Å²) < 4.78 is 0. The first kappa shape index (κ1) is 43.0. The van der Waals surface area contributed by atoms with Gasteiger partial charge in [0.25, 0.3) is 0 Å². The fraction of sp³-hybridized carbons (Fsp3) is 0.0429. The van der Waals surface area contributed by atoms with Crippen LogP contribution in [0.4, 0.5) is 0 Å². The molecule has 2 N–H and O–H groups in total. The zero-order valence-corrected chi connectivity index (χ0v) is 39.8. The summed E-state index contributed by atoms with van der Waals surface area (Å²) in [6, 6.07) is 99.4. The van der Waals surface area contributed by atoms with E-state index in [0.29, 0.717) is 12.3 Å². The number of hydrogen-bond acceptors (Lipinski definition) is 1. The second kappa shape index (κ2) is 17.7. The normalized spacial score (nSPS) is 14.1. The number of aliphatic imine (C=N–C) groups is 1. The predicted octanol–water partition coefficient (Wildman–Crippen LogP) is 16.2. The maximum Gasteiger partial charge on any atom is 0.131 e. The standard InChI is InChI=1S/C70H50N2/c71-68(49-23-6-1-7-24-49)72-66(46-42-48-25-22-38-62-59-37-19-21-40-64(59)70(67(48)62,53-30-12-4-13-31-53)54-32-14-5-15-33-54)61-45-44-55(56-34-16-17-35-57(56)61)50-41-43-60-58-36-18-20-39-63(58)69(65(60)47-50,51-26-8-2-9-27-51)52-28-10-3-11-29-52/h1-41,43-47H,42H2,(H2,71,72)/b66-46-. The smallest absolute Gasteiger partial charge is 0.131 e. The largest absolute Gasteiger partial charge is 0.383 e. The molecule has 0 aromatic heterocycles. The van der Waals surface area contributed by atoms with E-state index in [0.717, 1.165) is 38.7 Å². The Hall–Kier alpha value is -9.11. The Balaban J connectivity index is 0.997. The highest BCUT2D eigenvalue weighted by Crippen LogP contribution is 2.59. The van der Waals surface area contributed by atoms with Gasteiger partial charge >= 0.3 is 0 Å². The number of benzene rings is 11. The molecule has 2 heteroatoms. The fourth-order valence-corrected chi connectivity index (χ4v) is 12.4. The minimum Gasteiger partial charge on any atom is -0.383 e. The molecule has 0 aliphatic heterocycles. The Morgan fingerprint density at radius 3 is 1.44 bits per heavy atom. The maximum atomic E-state index is 7.03. The number of nitrogens with two attached hydrogens (primary N) is 1. The van der Waals surface area contributed by atoms with Crippen molar-refractivity contribution in [2.45, 2.75) is 17.3 Å². The van der Waals surface area contributed by atoms with Crippen LogP contribution in [0.15, 0.2) is 284 Å². The lowest BCUT2D eigenvalue weighted by atomic mass is 9.66. The molecule has 0 heterocycles. The summed E-state index contributed by atoms with van der Waals surface area (Å²) in [6.07, 6.45) is 2.93. The minimum atomic E-state index is -0.532. The molecular weight excluding hydrogens is 869 g/mol. The van der Waals surface area contributed by atoms with E-state index >= 15 is 0 Å². The van der Waals surface area contributed by atoms with Crippen molar-refractivity contribution in [3.8, 4) is 33.4 Å². The van der Waals surface area contributed by atoms with Gasteiger partial charge in [-0.15, -0.1) is 0 Å². The quantitative estimate of drug-likeness (QED) is 0.108. The fourth-order valence-electron chi connectivity index (χ4n) is 12.4. The van der Waals surface area contributed by atoms with Gasteiger partial charge in [-0.3, -0.25) is 0 Å². The molecule has 2 nitrogen and oxygen atoms in total. The van der Waals surface area contributed by atoms with Gasteiger partial charge in [-0.25, -0.2) is 4.99 Å². The van der Waals surface area contributed by atoms with Crippen molar-refractivity contribution in [1.82, 2.24) is 0 Å². The van der Waals surface area contributed by atoms with E-state index in [-0.39, 0.29) is 0 Å². The molecular formula is C70H50N2. The lowest BCUT2D eigenvalue weighted by Gasteiger charge is -2.35. The van der Waals surface area contributed by atoms with Crippen LogP contribution in [-0.4, -0.2) is 5.84 Å². The summed E-state index contributed by atoms with van der Waals surface area (Å²) in [4.78, 5) is 5.38. The molecule has 2 aliphatic rings. The molecule has 0 amide bonds. The number of allylic oxidation sites excluding steroid dienone is 1. The van der Waals surface area contributed by atoms with E-state index in [1.807, 2.05) is 30.3 Å². The molecule has 0 radical (unpaired) electrons. The topological polar surface area (TPSA) is 38.4 Å². The summed E-state index contributed by atoms with van der Waals surface area (Å²) in [5.41, 5.74) is 27.5. The number of amidine groups is 1. The molecule has 11 aromatic rings. The van der Waals surface area contributed by atoms with Crippen LogP contribution in [0.25, 0.3) is 49.9 Å². The lowest BCUT2D eigenvalue weighted by molar-refractivity contribution is 0.758. The molecule has 0 fully saturated rings. The summed E-state index contributed by atoms with van der Waals surface area (Å²) in [7, 11) is 0. The summed E-state index contributed by atoms with van der Waals surface area (Å²) in [5, 5.41) is 2.26. The van der Waals surface area contributed by atoms with Crippen molar-refractivity contribution in [2.24, 2.45) is 10.7 Å². The van der Waals surface area contributed by atoms with Crippen molar-refractivity contribution in [3.05, 3.63) is 340 Å². The van der Waals surface area contributed by atoms with E-state index in [9.17, 15) is 0 Å². The van der Waals surface area contributed by atoms with E-state index < -0.39 is 10.8 Å². The van der Waals surface area contributed by atoms with E-state index in [2.05, 4.69) is 249 Å². The molecule has 2 aliphatic carbocycles. The highest BCUT2D eigenvalue weighted by atomic mass is 14.9. The predicted molar refractivity (Wildman–Crippen MR) is 299 cm³/mol. The van der Waals surface area contributed by atoms with Gasteiger partial charge in [0.1, 0.15) is 5.84 Å². The number of fused-ring (bicyclic) bond motifs is 7. The maximum absolute atomic E-state index is 7.03. The van der Waals surface area contributed by atoms with Gasteiger partial charge in [-0.1, -0.05) is 273 Å². The molecule has 0 atom stereocenters. The number of rotatable bonds is 10. The van der Waals surface area contributed by atoms with Crippen LogP contribution >= 0.6 is 0 Å². The van der Waals surface area contributed by atoms with E-state index in [1.165, 1.54) is 72.3 Å². The summed E-state index contributed by atoms with van der Waals surface area (Å²) >= 11 is 0. The third-order valence-corrected chi connectivity index (χ3v) is 15.4. The average Bonchev–Trinajstić information content (AvgIpc) is 3.94. The van der Waals surface area contributed by atoms with Gasteiger partial charge in [-0.2, -0.15) is 0 Å². The Kier molecular flexibility index (Phi) is 10.6. The van der Waals surface area contributed by atoms with Gasteiger partial charge < -0.3 is 5.73 Å². The first-order valence-corrected chi connectivity index (χ1v) is 25.0. The van der Waals surface area contributed by atoms with Gasteiger partial charge in [-0.05, 0) is 107 Å². The molecule has 0 bridgehead atoms. The van der Waals surface area contributed by atoms with Gasteiger partial charge in [0.05, 0.1) is 16.5 Å². The summed E-state index contributed by atoms with van der Waals surface area (Å²) in [5.74, 6) is 0.472.